The second kappa shape index (κ2) is 8.96. The fourth-order valence-corrected chi connectivity index (χ4v) is 4.00. The minimum absolute atomic E-state index is 0.0191. The summed E-state index contributed by atoms with van der Waals surface area (Å²) in [7, 11) is 0. The first-order valence-electron chi connectivity index (χ1n) is 9.40. The molecular formula is C22H22N2O4S. The van der Waals surface area contributed by atoms with Crippen LogP contribution < -0.4 is 4.80 Å². The van der Waals surface area contributed by atoms with Gasteiger partial charge in [0, 0.05) is 11.1 Å². The number of esters is 1. The molecule has 1 heterocycles. The molecule has 0 saturated heterocycles. The molecule has 0 unspecified atom stereocenters. The van der Waals surface area contributed by atoms with Crippen LogP contribution >= 0.6 is 11.3 Å². The number of aryl methyl sites for hydroxylation is 1. The van der Waals surface area contributed by atoms with Gasteiger partial charge < -0.3 is 9.30 Å². The Morgan fingerprint density at radius 3 is 2.34 bits per heavy atom. The third-order valence-corrected chi connectivity index (χ3v) is 5.52. The zero-order valence-electron chi connectivity index (χ0n) is 16.6. The summed E-state index contributed by atoms with van der Waals surface area (Å²) < 4.78 is 7.73. The van der Waals surface area contributed by atoms with Crippen LogP contribution in [0.3, 0.4) is 0 Å². The van der Waals surface area contributed by atoms with Crippen LogP contribution in [-0.2, 0) is 22.5 Å². The van der Waals surface area contributed by atoms with E-state index in [1.54, 1.807) is 35.8 Å². The summed E-state index contributed by atoms with van der Waals surface area (Å²) in [6.45, 7) is 5.56. The first-order valence-corrected chi connectivity index (χ1v) is 10.2. The van der Waals surface area contributed by atoms with Gasteiger partial charge in [0.15, 0.2) is 10.6 Å². The number of nitrogens with zero attached hydrogens (tertiary/aromatic N) is 2. The van der Waals surface area contributed by atoms with Crippen molar-refractivity contribution in [1.82, 2.24) is 4.57 Å². The smallest absolute Gasteiger partial charge is 0.326 e. The maximum absolute atomic E-state index is 12.7. The van der Waals surface area contributed by atoms with Crippen molar-refractivity contribution in [3.05, 3.63) is 64.0 Å². The fraction of sp³-hybridized carbons (Fsp3) is 0.273. The number of thiazole rings is 1. The topological polar surface area (TPSA) is 77.7 Å². The number of carbonyl (C=O) groups excluding carboxylic acids is 3. The molecule has 0 saturated carbocycles. The van der Waals surface area contributed by atoms with Crippen LogP contribution in [0, 0.1) is 0 Å². The Morgan fingerprint density at radius 1 is 1.03 bits per heavy atom. The average molecular weight is 410 g/mol. The molecule has 0 spiro atoms. The molecule has 7 heteroatoms. The lowest BCUT2D eigenvalue weighted by Gasteiger charge is -2.05. The number of benzene rings is 2. The molecule has 0 aliphatic heterocycles. The van der Waals surface area contributed by atoms with E-state index in [0.29, 0.717) is 15.9 Å². The third kappa shape index (κ3) is 4.68. The van der Waals surface area contributed by atoms with Crippen molar-refractivity contribution in [2.75, 3.05) is 6.61 Å². The molecule has 150 valence electrons. The van der Waals surface area contributed by atoms with Crippen LogP contribution in [0.4, 0.5) is 0 Å². The summed E-state index contributed by atoms with van der Waals surface area (Å²) in [6.07, 6.45) is 0.889. The molecule has 2 aromatic carbocycles. The van der Waals surface area contributed by atoms with Crippen LogP contribution in [0.1, 0.15) is 47.1 Å². The predicted octanol–water partition coefficient (Wildman–Crippen LogP) is 3.77. The van der Waals surface area contributed by atoms with Crippen molar-refractivity contribution >= 4 is 39.2 Å². The standard InChI is InChI=1S/C22H22N2O4S/c1-4-15-6-11-18-19(12-15)29-22(24(18)13-20(26)28-5-2)23-21(27)17-9-7-16(8-10-17)14(3)25/h6-12H,4-5,13H2,1-3H3. The molecule has 0 radical (unpaired) electrons. The first kappa shape index (κ1) is 20.7. The SMILES string of the molecule is CCOC(=O)Cn1c(=NC(=O)c2ccc(C(C)=O)cc2)sc2cc(CC)ccc21. The molecule has 0 fully saturated rings. The Kier molecular flexibility index (Phi) is 6.39. The monoisotopic (exact) mass is 410 g/mol. The van der Waals surface area contributed by atoms with E-state index in [4.69, 9.17) is 4.74 Å². The molecule has 0 aliphatic rings. The van der Waals surface area contributed by atoms with Crippen molar-refractivity contribution in [3.63, 3.8) is 0 Å². The Balaban J connectivity index is 2.06. The highest BCUT2D eigenvalue weighted by Gasteiger charge is 2.13. The van der Waals surface area contributed by atoms with Gasteiger partial charge in [0.05, 0.1) is 16.8 Å². The minimum Gasteiger partial charge on any atom is -0.465 e. The summed E-state index contributed by atoms with van der Waals surface area (Å²) in [5, 5.41) is 0. The number of ether oxygens (including phenoxy) is 1. The van der Waals surface area contributed by atoms with Crippen molar-refractivity contribution in [3.8, 4) is 0 Å². The lowest BCUT2D eigenvalue weighted by molar-refractivity contribution is -0.143. The third-order valence-electron chi connectivity index (χ3n) is 4.48. The molecule has 0 bridgehead atoms. The zero-order valence-corrected chi connectivity index (χ0v) is 17.4. The van der Waals surface area contributed by atoms with Gasteiger partial charge in [0.1, 0.15) is 6.54 Å². The second-order valence-electron chi connectivity index (χ2n) is 6.48. The van der Waals surface area contributed by atoms with E-state index < -0.39 is 5.91 Å². The quantitative estimate of drug-likeness (QED) is 0.458. The van der Waals surface area contributed by atoms with E-state index in [0.717, 1.165) is 16.6 Å². The number of aromatic nitrogens is 1. The van der Waals surface area contributed by atoms with Crippen LogP contribution in [0.2, 0.25) is 0 Å². The van der Waals surface area contributed by atoms with E-state index in [1.165, 1.54) is 23.8 Å². The van der Waals surface area contributed by atoms with Gasteiger partial charge in [-0.2, -0.15) is 4.99 Å². The number of amides is 1. The highest BCUT2D eigenvalue weighted by molar-refractivity contribution is 7.16. The maximum atomic E-state index is 12.7. The first-order chi connectivity index (χ1) is 13.9. The molecular weight excluding hydrogens is 388 g/mol. The molecule has 0 atom stereocenters. The number of carbonyl (C=O) groups is 3. The van der Waals surface area contributed by atoms with Gasteiger partial charge in [-0.3, -0.25) is 14.4 Å². The Bertz CT molecular complexity index is 1140. The van der Waals surface area contributed by atoms with Crippen LogP contribution in [0.25, 0.3) is 10.2 Å². The van der Waals surface area contributed by atoms with Gasteiger partial charge in [0.25, 0.3) is 5.91 Å². The summed E-state index contributed by atoms with van der Waals surface area (Å²) in [6, 6.07) is 12.4. The number of Topliss-reactive ketones (excluding diaryl/α,β-unsaturated/α-hetero) is 1. The van der Waals surface area contributed by atoms with Crippen molar-refractivity contribution in [2.24, 2.45) is 4.99 Å². The molecule has 29 heavy (non-hydrogen) atoms. The van der Waals surface area contributed by atoms with Crippen LogP contribution in [-0.4, -0.2) is 28.8 Å². The summed E-state index contributed by atoms with van der Waals surface area (Å²) >= 11 is 1.36. The zero-order chi connectivity index (χ0) is 21.0. The van der Waals surface area contributed by atoms with Gasteiger partial charge in [-0.15, -0.1) is 0 Å². The lowest BCUT2D eigenvalue weighted by Crippen LogP contribution is -2.23. The second-order valence-corrected chi connectivity index (χ2v) is 7.49. The molecule has 1 aromatic heterocycles. The van der Waals surface area contributed by atoms with E-state index in [2.05, 4.69) is 11.9 Å². The number of fused-ring (bicyclic) bond motifs is 1. The maximum Gasteiger partial charge on any atom is 0.326 e. The Labute approximate surface area is 172 Å². The van der Waals surface area contributed by atoms with Crippen molar-refractivity contribution in [2.45, 2.75) is 33.7 Å². The highest BCUT2D eigenvalue weighted by atomic mass is 32.1. The largest absolute Gasteiger partial charge is 0.465 e. The fourth-order valence-electron chi connectivity index (χ4n) is 2.91. The number of rotatable bonds is 6. The number of hydrogen-bond acceptors (Lipinski definition) is 5. The van der Waals surface area contributed by atoms with Gasteiger partial charge in [0.2, 0.25) is 0 Å². The van der Waals surface area contributed by atoms with Gasteiger partial charge in [-0.25, -0.2) is 0 Å². The van der Waals surface area contributed by atoms with Crippen molar-refractivity contribution in [1.29, 1.82) is 0 Å². The Hall–Kier alpha value is -3.06. The van der Waals surface area contributed by atoms with Gasteiger partial charge >= 0.3 is 5.97 Å². The summed E-state index contributed by atoms with van der Waals surface area (Å²) in [4.78, 5) is 40.9. The van der Waals surface area contributed by atoms with Gasteiger partial charge in [-0.05, 0) is 50.1 Å². The van der Waals surface area contributed by atoms with Crippen molar-refractivity contribution < 1.29 is 19.1 Å². The molecule has 3 rings (SSSR count). The molecule has 0 aliphatic carbocycles. The van der Waals surface area contributed by atoms with E-state index in [1.807, 2.05) is 18.2 Å². The molecule has 6 nitrogen and oxygen atoms in total. The molecule has 0 N–H and O–H groups in total. The van der Waals surface area contributed by atoms with E-state index >= 15 is 0 Å². The average Bonchev–Trinajstić information content (AvgIpc) is 3.04. The predicted molar refractivity (Wildman–Crippen MR) is 112 cm³/mol. The molecule has 3 aromatic rings. The lowest BCUT2D eigenvalue weighted by atomic mass is 10.1. The highest BCUT2D eigenvalue weighted by Crippen LogP contribution is 2.20. The van der Waals surface area contributed by atoms with Crippen LogP contribution in [0.15, 0.2) is 47.5 Å². The number of ketones is 1. The summed E-state index contributed by atoms with van der Waals surface area (Å²) in [5.74, 6) is -0.879. The van der Waals surface area contributed by atoms with E-state index in [9.17, 15) is 14.4 Å². The molecule has 1 amide bonds. The van der Waals surface area contributed by atoms with Gasteiger partial charge in [-0.1, -0.05) is 36.5 Å². The van der Waals surface area contributed by atoms with E-state index in [-0.39, 0.29) is 24.9 Å². The number of hydrogen-bond donors (Lipinski definition) is 0. The normalized spacial score (nSPS) is 11.6. The van der Waals surface area contributed by atoms with Crippen LogP contribution in [0.5, 0.6) is 0 Å². The Morgan fingerprint density at radius 2 is 1.72 bits per heavy atom. The summed E-state index contributed by atoms with van der Waals surface area (Å²) in [5.41, 5.74) is 2.91. The minimum atomic E-state index is -0.431.